The number of rotatable bonds is 4. The molecule has 1 unspecified atom stereocenters. The maximum absolute atomic E-state index is 12.0. The first-order valence-corrected chi connectivity index (χ1v) is 8.73. The van der Waals surface area contributed by atoms with Crippen LogP contribution in [0.15, 0.2) is 28.5 Å². The zero-order chi connectivity index (χ0) is 15.5. The van der Waals surface area contributed by atoms with Crippen LogP contribution in [-0.4, -0.2) is 20.8 Å². The first-order chi connectivity index (χ1) is 10.6. The first kappa shape index (κ1) is 15.4. The number of aryl methyl sites for hydroxylation is 1. The summed E-state index contributed by atoms with van der Waals surface area (Å²) in [5.74, 6) is 0. The van der Waals surface area contributed by atoms with E-state index >= 15 is 0 Å². The predicted octanol–water partition coefficient (Wildman–Crippen LogP) is 2.84. The van der Waals surface area contributed by atoms with Crippen LogP contribution < -0.4 is 10.9 Å². The molecule has 5 nitrogen and oxygen atoms in total. The van der Waals surface area contributed by atoms with Gasteiger partial charge in [-0.3, -0.25) is 4.79 Å². The van der Waals surface area contributed by atoms with E-state index in [4.69, 9.17) is 0 Å². The standard InChI is InChI=1S/C16H22N4OS/c1-11-3-8-15(21)20(19-11)14-6-4-13(5-7-14)18-12(2)16-17-9-10-22-16/h3,8-10,12-14,18H,4-7H2,1-2H3. The summed E-state index contributed by atoms with van der Waals surface area (Å²) in [6.07, 6.45) is 5.99. The fraction of sp³-hybridized carbons (Fsp3) is 0.562. The minimum absolute atomic E-state index is 0.0122. The Labute approximate surface area is 134 Å². The molecule has 1 aliphatic rings. The summed E-state index contributed by atoms with van der Waals surface area (Å²) in [5, 5.41) is 11.2. The van der Waals surface area contributed by atoms with Crippen LogP contribution in [0.2, 0.25) is 0 Å². The summed E-state index contributed by atoms with van der Waals surface area (Å²) in [7, 11) is 0. The third-order valence-corrected chi connectivity index (χ3v) is 5.27. The third-order valence-electron chi connectivity index (χ3n) is 4.31. The molecule has 22 heavy (non-hydrogen) atoms. The Morgan fingerprint density at radius 3 is 2.77 bits per heavy atom. The molecule has 0 amide bonds. The smallest absolute Gasteiger partial charge is 0.267 e. The molecular formula is C16H22N4OS. The second-order valence-corrected chi connectivity index (χ2v) is 6.95. The lowest BCUT2D eigenvalue weighted by Crippen LogP contribution is -2.37. The molecular weight excluding hydrogens is 296 g/mol. The molecule has 3 rings (SSSR count). The van der Waals surface area contributed by atoms with Gasteiger partial charge in [-0.15, -0.1) is 11.3 Å². The van der Waals surface area contributed by atoms with E-state index in [1.165, 1.54) is 0 Å². The van der Waals surface area contributed by atoms with Gasteiger partial charge in [0.2, 0.25) is 0 Å². The zero-order valence-corrected chi connectivity index (χ0v) is 13.8. The van der Waals surface area contributed by atoms with Crippen LogP contribution in [0.4, 0.5) is 0 Å². The van der Waals surface area contributed by atoms with Crippen molar-refractivity contribution in [2.24, 2.45) is 0 Å². The van der Waals surface area contributed by atoms with Crippen molar-refractivity contribution in [3.8, 4) is 0 Å². The molecule has 0 aromatic carbocycles. The Morgan fingerprint density at radius 2 is 2.09 bits per heavy atom. The number of thiazole rings is 1. The quantitative estimate of drug-likeness (QED) is 0.941. The fourth-order valence-corrected chi connectivity index (χ4v) is 3.80. The summed E-state index contributed by atoms with van der Waals surface area (Å²) >= 11 is 1.69. The third kappa shape index (κ3) is 3.44. The van der Waals surface area contributed by atoms with Gasteiger partial charge in [-0.05, 0) is 45.6 Å². The molecule has 118 valence electrons. The Balaban J connectivity index is 1.58. The van der Waals surface area contributed by atoms with Crippen LogP contribution >= 0.6 is 11.3 Å². The summed E-state index contributed by atoms with van der Waals surface area (Å²) in [4.78, 5) is 16.3. The van der Waals surface area contributed by atoms with Crippen LogP contribution in [0.25, 0.3) is 0 Å². The molecule has 2 aromatic rings. The van der Waals surface area contributed by atoms with Crippen LogP contribution in [0.1, 0.15) is 55.4 Å². The Morgan fingerprint density at radius 1 is 1.32 bits per heavy atom. The van der Waals surface area contributed by atoms with E-state index in [1.807, 2.05) is 18.5 Å². The van der Waals surface area contributed by atoms with E-state index in [0.29, 0.717) is 12.1 Å². The Hall–Kier alpha value is -1.53. The van der Waals surface area contributed by atoms with Gasteiger partial charge < -0.3 is 5.32 Å². The highest BCUT2D eigenvalue weighted by molar-refractivity contribution is 7.09. The van der Waals surface area contributed by atoms with Gasteiger partial charge in [-0.2, -0.15) is 5.10 Å². The second kappa shape index (κ2) is 6.71. The van der Waals surface area contributed by atoms with Gasteiger partial charge in [0.05, 0.1) is 17.8 Å². The van der Waals surface area contributed by atoms with Crippen molar-refractivity contribution in [3.63, 3.8) is 0 Å². The average molecular weight is 318 g/mol. The molecule has 0 spiro atoms. The molecule has 2 aromatic heterocycles. The summed E-state index contributed by atoms with van der Waals surface area (Å²) in [5.41, 5.74) is 0.912. The maximum atomic E-state index is 12.0. The molecule has 1 atom stereocenters. The highest BCUT2D eigenvalue weighted by atomic mass is 32.1. The molecule has 6 heteroatoms. The Bertz CT molecular complexity index is 659. The van der Waals surface area contributed by atoms with Gasteiger partial charge in [0.25, 0.3) is 5.56 Å². The van der Waals surface area contributed by atoms with Crippen molar-refractivity contribution in [2.75, 3.05) is 0 Å². The molecule has 2 heterocycles. The van der Waals surface area contributed by atoms with Gasteiger partial charge in [-0.25, -0.2) is 9.67 Å². The Kier molecular flexibility index (Phi) is 4.69. The van der Waals surface area contributed by atoms with E-state index in [9.17, 15) is 4.79 Å². The van der Waals surface area contributed by atoms with Crippen LogP contribution in [0.5, 0.6) is 0 Å². The highest BCUT2D eigenvalue weighted by Gasteiger charge is 2.25. The van der Waals surface area contributed by atoms with E-state index < -0.39 is 0 Å². The van der Waals surface area contributed by atoms with E-state index in [-0.39, 0.29) is 11.6 Å². The topological polar surface area (TPSA) is 59.8 Å². The van der Waals surface area contributed by atoms with Gasteiger partial charge in [0.1, 0.15) is 5.01 Å². The first-order valence-electron chi connectivity index (χ1n) is 7.85. The van der Waals surface area contributed by atoms with E-state index in [1.54, 1.807) is 28.2 Å². The lowest BCUT2D eigenvalue weighted by Gasteiger charge is -2.31. The van der Waals surface area contributed by atoms with Crippen molar-refractivity contribution < 1.29 is 0 Å². The van der Waals surface area contributed by atoms with Crippen molar-refractivity contribution in [3.05, 3.63) is 44.8 Å². The molecule has 1 aliphatic carbocycles. The average Bonchev–Trinajstić information content (AvgIpc) is 3.05. The van der Waals surface area contributed by atoms with E-state index in [0.717, 1.165) is 36.4 Å². The number of hydrogen-bond donors (Lipinski definition) is 1. The zero-order valence-electron chi connectivity index (χ0n) is 13.0. The highest BCUT2D eigenvalue weighted by Crippen LogP contribution is 2.28. The number of nitrogens with zero attached hydrogens (tertiary/aromatic N) is 3. The summed E-state index contributed by atoms with van der Waals surface area (Å²) in [6.45, 7) is 4.09. The monoisotopic (exact) mass is 318 g/mol. The molecule has 0 aliphatic heterocycles. The molecule has 1 fully saturated rings. The van der Waals surface area contributed by atoms with Gasteiger partial charge in [0, 0.05) is 23.7 Å². The molecule has 0 saturated heterocycles. The summed E-state index contributed by atoms with van der Waals surface area (Å²) in [6, 6.07) is 4.43. The van der Waals surface area contributed by atoms with Gasteiger partial charge in [-0.1, -0.05) is 0 Å². The van der Waals surface area contributed by atoms with Crippen LogP contribution in [0, 0.1) is 6.92 Å². The van der Waals surface area contributed by atoms with Gasteiger partial charge in [0.15, 0.2) is 0 Å². The number of nitrogens with one attached hydrogen (secondary N) is 1. The molecule has 0 bridgehead atoms. The number of hydrogen-bond acceptors (Lipinski definition) is 5. The maximum Gasteiger partial charge on any atom is 0.267 e. The lowest BCUT2D eigenvalue weighted by molar-refractivity contribution is 0.258. The summed E-state index contributed by atoms with van der Waals surface area (Å²) < 4.78 is 1.68. The van der Waals surface area contributed by atoms with Crippen molar-refractivity contribution >= 4 is 11.3 Å². The van der Waals surface area contributed by atoms with Crippen molar-refractivity contribution in [1.29, 1.82) is 0 Å². The largest absolute Gasteiger partial charge is 0.305 e. The molecule has 1 saturated carbocycles. The molecule has 1 N–H and O–H groups in total. The SMILES string of the molecule is Cc1ccc(=O)n(C2CCC(NC(C)c3nccs3)CC2)n1. The molecule has 0 radical (unpaired) electrons. The number of aromatic nitrogens is 3. The second-order valence-electron chi connectivity index (χ2n) is 6.02. The van der Waals surface area contributed by atoms with Crippen molar-refractivity contribution in [1.82, 2.24) is 20.1 Å². The van der Waals surface area contributed by atoms with Crippen molar-refractivity contribution in [2.45, 2.75) is 57.7 Å². The van der Waals surface area contributed by atoms with E-state index in [2.05, 4.69) is 22.3 Å². The fourth-order valence-electron chi connectivity index (χ4n) is 3.14. The minimum atomic E-state index is 0.0122. The lowest BCUT2D eigenvalue weighted by atomic mass is 9.91. The normalized spacial score (nSPS) is 23.4. The van der Waals surface area contributed by atoms with Gasteiger partial charge >= 0.3 is 0 Å². The predicted molar refractivity (Wildman–Crippen MR) is 88.2 cm³/mol. The minimum Gasteiger partial charge on any atom is -0.305 e. The van der Waals surface area contributed by atoms with Crippen LogP contribution in [0.3, 0.4) is 0 Å². The van der Waals surface area contributed by atoms with Crippen LogP contribution in [-0.2, 0) is 0 Å².